The number of benzene rings is 1. The number of rotatable bonds is 5. The van der Waals surface area contributed by atoms with Gasteiger partial charge in [-0.2, -0.15) is 5.10 Å². The Labute approximate surface area is 262 Å². The van der Waals surface area contributed by atoms with Crippen molar-refractivity contribution in [2.24, 2.45) is 5.41 Å². The second kappa shape index (κ2) is 12.1. The van der Waals surface area contributed by atoms with Gasteiger partial charge in [0.05, 0.1) is 47.4 Å². The predicted molar refractivity (Wildman–Crippen MR) is 167 cm³/mol. The highest BCUT2D eigenvalue weighted by atomic mass is 35.5. The Hall–Kier alpha value is -2.60. The number of carbonyl (C=O) groups is 1. The molecule has 12 heteroatoms. The van der Waals surface area contributed by atoms with Gasteiger partial charge in [-0.05, 0) is 78.9 Å². The SMILES string of the molecule is Cc1nn(C2CCCCO2)c2ccc(Sc3cnc(N4CCC5(CC4)CO[C@@H](C)[C@H]5NC(=O)OC(C)(C)C)cn3)c(Cl)c12. The van der Waals surface area contributed by atoms with Crippen molar-refractivity contribution in [3.05, 3.63) is 35.2 Å². The molecule has 3 atom stereocenters. The van der Waals surface area contributed by atoms with Crippen molar-refractivity contribution in [3.63, 3.8) is 0 Å². The van der Waals surface area contributed by atoms with Gasteiger partial charge in [-0.1, -0.05) is 23.4 Å². The van der Waals surface area contributed by atoms with Gasteiger partial charge in [0.15, 0.2) is 6.23 Å². The molecule has 2 aromatic heterocycles. The molecule has 3 aliphatic rings. The zero-order valence-corrected chi connectivity index (χ0v) is 27.1. The molecule has 1 amide bonds. The number of aryl methyl sites for hydroxylation is 1. The van der Waals surface area contributed by atoms with Crippen molar-refractivity contribution in [1.29, 1.82) is 0 Å². The van der Waals surface area contributed by atoms with Crippen LogP contribution in [0, 0.1) is 12.3 Å². The van der Waals surface area contributed by atoms with Crippen LogP contribution in [0.2, 0.25) is 5.02 Å². The number of amides is 1. The number of ether oxygens (including phenoxy) is 3. The average molecular weight is 629 g/mol. The number of halogens is 1. The number of carbonyl (C=O) groups excluding carboxylic acids is 1. The molecule has 232 valence electrons. The molecule has 0 radical (unpaired) electrons. The maximum atomic E-state index is 12.6. The van der Waals surface area contributed by atoms with Crippen LogP contribution in [0.5, 0.6) is 0 Å². The minimum atomic E-state index is -0.545. The van der Waals surface area contributed by atoms with Crippen LogP contribution in [-0.4, -0.2) is 69.9 Å². The third kappa shape index (κ3) is 6.32. The number of hydrogen-bond acceptors (Lipinski definition) is 9. The molecule has 3 aliphatic heterocycles. The van der Waals surface area contributed by atoms with Crippen LogP contribution in [-0.2, 0) is 14.2 Å². The molecule has 0 aliphatic carbocycles. The van der Waals surface area contributed by atoms with Crippen molar-refractivity contribution in [2.45, 2.75) is 101 Å². The van der Waals surface area contributed by atoms with Gasteiger partial charge >= 0.3 is 6.09 Å². The maximum absolute atomic E-state index is 12.6. The fraction of sp³-hybridized carbons (Fsp3) is 0.613. The first kappa shape index (κ1) is 30.4. The van der Waals surface area contributed by atoms with Crippen molar-refractivity contribution in [3.8, 4) is 0 Å². The van der Waals surface area contributed by atoms with E-state index in [-0.39, 0.29) is 23.8 Å². The first-order chi connectivity index (χ1) is 20.5. The first-order valence-corrected chi connectivity index (χ1v) is 16.4. The summed E-state index contributed by atoms with van der Waals surface area (Å²) < 4.78 is 19.5. The summed E-state index contributed by atoms with van der Waals surface area (Å²) in [7, 11) is 0. The quantitative estimate of drug-likeness (QED) is 0.337. The lowest BCUT2D eigenvalue weighted by molar-refractivity contribution is -0.0368. The Morgan fingerprint density at radius 1 is 1.16 bits per heavy atom. The largest absolute Gasteiger partial charge is 0.444 e. The highest BCUT2D eigenvalue weighted by molar-refractivity contribution is 7.99. The van der Waals surface area contributed by atoms with Crippen molar-refractivity contribution in [1.82, 2.24) is 25.1 Å². The first-order valence-electron chi connectivity index (χ1n) is 15.2. The van der Waals surface area contributed by atoms with Gasteiger partial charge < -0.3 is 24.4 Å². The molecular formula is C31H41ClN6O4S. The van der Waals surface area contributed by atoms with Gasteiger partial charge in [0.1, 0.15) is 16.4 Å². The summed E-state index contributed by atoms with van der Waals surface area (Å²) in [4.78, 5) is 25.2. The second-order valence-electron chi connectivity index (χ2n) is 12.9. The fourth-order valence-corrected chi connectivity index (χ4v) is 7.70. The van der Waals surface area contributed by atoms with Gasteiger partial charge in [-0.15, -0.1) is 0 Å². The van der Waals surface area contributed by atoms with Crippen LogP contribution >= 0.6 is 23.4 Å². The number of nitrogens with one attached hydrogen (secondary N) is 1. The summed E-state index contributed by atoms with van der Waals surface area (Å²) in [5, 5.41) is 10.3. The molecular weight excluding hydrogens is 588 g/mol. The Balaban J connectivity index is 1.10. The average Bonchev–Trinajstić information content (AvgIpc) is 3.47. The van der Waals surface area contributed by atoms with E-state index in [4.69, 9.17) is 40.9 Å². The number of aromatic nitrogens is 4. The molecule has 6 rings (SSSR count). The lowest BCUT2D eigenvalue weighted by atomic mass is 9.73. The van der Waals surface area contributed by atoms with Crippen LogP contribution < -0.4 is 10.2 Å². The standard InChI is InChI=1S/C31H41ClN6O4S/c1-19-26-21(38(36-19)25-8-6-7-15-40-25)9-10-22(27(26)32)43-24-17-33-23(16-34-24)37-13-11-31(12-14-37)18-41-20(2)28(31)35-29(39)42-30(3,4)5/h9-10,16-17,20,25,28H,6-8,11-15,18H2,1-5H3,(H,35,39)/t20-,25?,28+/m0/s1. The van der Waals surface area contributed by atoms with E-state index in [2.05, 4.69) is 16.3 Å². The zero-order chi connectivity index (χ0) is 30.4. The van der Waals surface area contributed by atoms with E-state index in [0.717, 1.165) is 84.1 Å². The van der Waals surface area contributed by atoms with Gasteiger partial charge in [0, 0.05) is 35.4 Å². The monoisotopic (exact) mass is 628 g/mol. The molecule has 0 bridgehead atoms. The molecule has 1 N–H and O–H groups in total. The predicted octanol–water partition coefficient (Wildman–Crippen LogP) is 6.54. The number of nitrogens with zero attached hydrogens (tertiary/aromatic N) is 5. The van der Waals surface area contributed by atoms with Crippen LogP contribution in [0.25, 0.3) is 10.9 Å². The zero-order valence-electron chi connectivity index (χ0n) is 25.6. The van der Waals surface area contributed by atoms with Crippen molar-refractivity contribution >= 4 is 46.2 Å². The Morgan fingerprint density at radius 2 is 1.95 bits per heavy atom. The van der Waals surface area contributed by atoms with E-state index in [1.807, 2.05) is 57.8 Å². The van der Waals surface area contributed by atoms with Gasteiger partial charge in [0.25, 0.3) is 0 Å². The van der Waals surface area contributed by atoms with Gasteiger partial charge in [-0.3, -0.25) is 0 Å². The van der Waals surface area contributed by atoms with Crippen LogP contribution in [0.1, 0.15) is 71.7 Å². The van der Waals surface area contributed by atoms with E-state index in [0.29, 0.717) is 11.6 Å². The third-order valence-corrected chi connectivity index (χ3v) is 10.2. The minimum absolute atomic E-state index is 0.0423. The maximum Gasteiger partial charge on any atom is 0.407 e. The fourth-order valence-electron chi connectivity index (χ4n) is 6.52. The Morgan fingerprint density at radius 3 is 2.63 bits per heavy atom. The molecule has 0 saturated carbocycles. The van der Waals surface area contributed by atoms with E-state index in [1.54, 1.807) is 0 Å². The van der Waals surface area contributed by atoms with E-state index in [1.165, 1.54) is 11.8 Å². The van der Waals surface area contributed by atoms with E-state index >= 15 is 0 Å². The smallest absolute Gasteiger partial charge is 0.407 e. The molecule has 3 aromatic rings. The lowest BCUT2D eigenvalue weighted by Crippen LogP contribution is -2.55. The topological polar surface area (TPSA) is 104 Å². The highest BCUT2D eigenvalue weighted by Crippen LogP contribution is 2.43. The van der Waals surface area contributed by atoms with Gasteiger partial charge in [-0.25, -0.2) is 19.4 Å². The summed E-state index contributed by atoms with van der Waals surface area (Å²) in [5.74, 6) is 0.842. The van der Waals surface area contributed by atoms with Crippen molar-refractivity contribution < 1.29 is 19.0 Å². The molecule has 10 nitrogen and oxygen atoms in total. The van der Waals surface area contributed by atoms with Gasteiger partial charge in [0.2, 0.25) is 0 Å². The number of alkyl carbamates (subject to hydrolysis) is 1. The normalized spacial score (nSPS) is 24.0. The molecule has 43 heavy (non-hydrogen) atoms. The molecule has 1 aromatic carbocycles. The Bertz CT molecular complexity index is 1460. The number of fused-ring (bicyclic) bond motifs is 1. The van der Waals surface area contributed by atoms with E-state index < -0.39 is 11.7 Å². The second-order valence-corrected chi connectivity index (χ2v) is 14.4. The summed E-state index contributed by atoms with van der Waals surface area (Å²) >= 11 is 8.43. The molecule has 1 unspecified atom stereocenters. The number of piperidine rings is 1. The Kier molecular flexibility index (Phi) is 8.54. The highest BCUT2D eigenvalue weighted by Gasteiger charge is 2.50. The summed E-state index contributed by atoms with van der Waals surface area (Å²) in [6, 6.07) is 4.01. The summed E-state index contributed by atoms with van der Waals surface area (Å²) in [6.45, 7) is 12.6. The van der Waals surface area contributed by atoms with E-state index in [9.17, 15) is 4.79 Å². The lowest BCUT2D eigenvalue weighted by Gasteiger charge is -2.42. The molecule has 1 spiro atoms. The van der Waals surface area contributed by atoms with Crippen LogP contribution in [0.3, 0.4) is 0 Å². The van der Waals surface area contributed by atoms with Crippen LogP contribution in [0.4, 0.5) is 10.6 Å². The molecule has 3 fully saturated rings. The number of anilines is 1. The number of hydrogen-bond donors (Lipinski definition) is 1. The molecule has 5 heterocycles. The molecule has 3 saturated heterocycles. The minimum Gasteiger partial charge on any atom is -0.444 e. The summed E-state index contributed by atoms with van der Waals surface area (Å²) in [5.41, 5.74) is 1.22. The van der Waals surface area contributed by atoms with Crippen molar-refractivity contribution in [2.75, 3.05) is 31.2 Å². The summed E-state index contributed by atoms with van der Waals surface area (Å²) in [6.07, 6.45) is 8.09. The third-order valence-electron chi connectivity index (χ3n) is 8.73. The van der Waals surface area contributed by atoms with Crippen LogP contribution in [0.15, 0.2) is 34.4 Å².